The zero-order valence-corrected chi connectivity index (χ0v) is 11.3. The van der Waals surface area contributed by atoms with Crippen molar-refractivity contribution in [3.8, 4) is 6.07 Å². The highest BCUT2D eigenvalue weighted by Crippen LogP contribution is 2.34. The molecule has 4 heteroatoms. The van der Waals surface area contributed by atoms with Crippen molar-refractivity contribution in [3.63, 3.8) is 0 Å². The summed E-state index contributed by atoms with van der Waals surface area (Å²) in [5.74, 6) is 0. The Bertz CT molecular complexity index is 590. The van der Waals surface area contributed by atoms with Crippen LogP contribution >= 0.6 is 27.7 Å². The molecule has 0 aliphatic carbocycles. The Morgan fingerprint density at radius 2 is 1.94 bits per heavy atom. The minimum Gasteiger partial charge on any atom is -0.397 e. The van der Waals surface area contributed by atoms with Gasteiger partial charge in [0, 0.05) is 14.3 Å². The zero-order chi connectivity index (χ0) is 12.3. The first-order valence-electron chi connectivity index (χ1n) is 4.92. The molecule has 17 heavy (non-hydrogen) atoms. The SMILES string of the molecule is N#Cc1cccc(Sc2cccc(Br)c2)c1N. The van der Waals surface area contributed by atoms with Crippen LogP contribution in [0.4, 0.5) is 5.69 Å². The summed E-state index contributed by atoms with van der Waals surface area (Å²) >= 11 is 4.98. The minimum atomic E-state index is 0.519. The highest BCUT2D eigenvalue weighted by Gasteiger charge is 2.06. The quantitative estimate of drug-likeness (QED) is 0.851. The van der Waals surface area contributed by atoms with Gasteiger partial charge < -0.3 is 5.73 Å². The number of rotatable bonds is 2. The fourth-order valence-corrected chi connectivity index (χ4v) is 2.89. The van der Waals surface area contributed by atoms with E-state index in [0.29, 0.717) is 11.3 Å². The van der Waals surface area contributed by atoms with Crippen LogP contribution in [0.1, 0.15) is 5.56 Å². The molecule has 0 spiro atoms. The number of para-hydroxylation sites is 1. The predicted octanol–water partition coefficient (Wildman–Crippen LogP) is 4.05. The molecule has 0 saturated carbocycles. The Kier molecular flexibility index (Phi) is 3.72. The van der Waals surface area contributed by atoms with Gasteiger partial charge in [-0.15, -0.1) is 0 Å². The molecule has 0 aliphatic rings. The molecule has 84 valence electrons. The monoisotopic (exact) mass is 304 g/mol. The van der Waals surface area contributed by atoms with Crippen LogP contribution in [0.15, 0.2) is 56.7 Å². The van der Waals surface area contributed by atoms with E-state index in [2.05, 4.69) is 22.0 Å². The van der Waals surface area contributed by atoms with Gasteiger partial charge in [0.15, 0.2) is 0 Å². The fraction of sp³-hybridized carbons (Fsp3) is 0. The highest BCUT2D eigenvalue weighted by atomic mass is 79.9. The normalized spacial score (nSPS) is 9.88. The molecular weight excluding hydrogens is 296 g/mol. The van der Waals surface area contributed by atoms with E-state index in [1.807, 2.05) is 36.4 Å². The van der Waals surface area contributed by atoms with Gasteiger partial charge in [0.1, 0.15) is 6.07 Å². The molecule has 0 fully saturated rings. The van der Waals surface area contributed by atoms with E-state index < -0.39 is 0 Å². The third-order valence-corrected chi connectivity index (χ3v) is 3.77. The lowest BCUT2D eigenvalue weighted by Gasteiger charge is -2.06. The molecule has 0 radical (unpaired) electrons. The molecule has 0 heterocycles. The van der Waals surface area contributed by atoms with Crippen LogP contribution in [-0.2, 0) is 0 Å². The number of nitrogens with zero attached hydrogens (tertiary/aromatic N) is 1. The second kappa shape index (κ2) is 5.26. The largest absolute Gasteiger partial charge is 0.397 e. The molecule has 0 amide bonds. The van der Waals surface area contributed by atoms with Gasteiger partial charge in [0.05, 0.1) is 11.3 Å². The molecule has 2 aromatic rings. The molecule has 0 aliphatic heterocycles. The van der Waals surface area contributed by atoms with Gasteiger partial charge in [-0.3, -0.25) is 0 Å². The van der Waals surface area contributed by atoms with E-state index in [1.165, 1.54) is 0 Å². The maximum atomic E-state index is 8.91. The lowest BCUT2D eigenvalue weighted by atomic mass is 10.2. The van der Waals surface area contributed by atoms with Crippen LogP contribution in [0.25, 0.3) is 0 Å². The van der Waals surface area contributed by atoms with E-state index in [-0.39, 0.29) is 0 Å². The van der Waals surface area contributed by atoms with E-state index >= 15 is 0 Å². The third-order valence-electron chi connectivity index (χ3n) is 2.21. The van der Waals surface area contributed by atoms with Gasteiger partial charge in [0.2, 0.25) is 0 Å². The first kappa shape index (κ1) is 12.0. The molecule has 2 nitrogen and oxygen atoms in total. The molecule has 0 aromatic heterocycles. The standard InChI is InChI=1S/C13H9BrN2S/c14-10-4-2-5-11(7-10)17-12-6-1-3-9(8-15)13(12)16/h1-7H,16H2. The first-order chi connectivity index (χ1) is 8.20. The van der Waals surface area contributed by atoms with Crippen LogP contribution in [0.5, 0.6) is 0 Å². The van der Waals surface area contributed by atoms with Crippen molar-refractivity contribution in [3.05, 3.63) is 52.5 Å². The summed E-state index contributed by atoms with van der Waals surface area (Å²) in [5, 5.41) is 8.91. The predicted molar refractivity (Wildman–Crippen MR) is 73.8 cm³/mol. The summed E-state index contributed by atoms with van der Waals surface area (Å²) in [6.45, 7) is 0. The van der Waals surface area contributed by atoms with Crippen LogP contribution in [0, 0.1) is 11.3 Å². The summed E-state index contributed by atoms with van der Waals surface area (Å²) in [6, 6.07) is 15.5. The smallest absolute Gasteiger partial charge is 0.101 e. The Hall–Kier alpha value is -1.44. The summed E-state index contributed by atoms with van der Waals surface area (Å²) in [4.78, 5) is 1.99. The number of hydrogen-bond acceptors (Lipinski definition) is 3. The Morgan fingerprint density at radius 3 is 2.65 bits per heavy atom. The Morgan fingerprint density at radius 1 is 1.18 bits per heavy atom. The lowest BCUT2D eigenvalue weighted by molar-refractivity contribution is 1.37. The lowest BCUT2D eigenvalue weighted by Crippen LogP contribution is -1.92. The number of nitrogens with two attached hydrogens (primary N) is 1. The summed E-state index contributed by atoms with van der Waals surface area (Å²) in [6.07, 6.45) is 0. The Labute approximate surface area is 113 Å². The van der Waals surface area contributed by atoms with Gasteiger partial charge in [-0.25, -0.2) is 0 Å². The van der Waals surface area contributed by atoms with Gasteiger partial charge in [0.25, 0.3) is 0 Å². The average molecular weight is 305 g/mol. The molecule has 2 aromatic carbocycles. The average Bonchev–Trinajstić information content (AvgIpc) is 2.32. The van der Waals surface area contributed by atoms with Gasteiger partial charge >= 0.3 is 0 Å². The Balaban J connectivity index is 2.34. The van der Waals surface area contributed by atoms with Crippen molar-refractivity contribution in [2.24, 2.45) is 0 Å². The molecule has 2 rings (SSSR count). The number of hydrogen-bond donors (Lipinski definition) is 1. The van der Waals surface area contributed by atoms with Crippen LogP contribution < -0.4 is 5.73 Å². The number of anilines is 1. The summed E-state index contributed by atoms with van der Waals surface area (Å²) < 4.78 is 1.03. The summed E-state index contributed by atoms with van der Waals surface area (Å²) in [5.41, 5.74) is 6.98. The van der Waals surface area contributed by atoms with Crippen LogP contribution in [0.2, 0.25) is 0 Å². The van der Waals surface area contributed by atoms with Crippen LogP contribution in [-0.4, -0.2) is 0 Å². The van der Waals surface area contributed by atoms with Crippen molar-refractivity contribution in [2.75, 3.05) is 5.73 Å². The molecule has 0 bridgehead atoms. The van der Waals surface area contributed by atoms with E-state index in [1.54, 1.807) is 17.8 Å². The van der Waals surface area contributed by atoms with Crippen molar-refractivity contribution in [1.82, 2.24) is 0 Å². The van der Waals surface area contributed by atoms with E-state index in [0.717, 1.165) is 14.3 Å². The molecule has 0 saturated heterocycles. The second-order valence-electron chi connectivity index (χ2n) is 3.39. The van der Waals surface area contributed by atoms with Crippen molar-refractivity contribution < 1.29 is 0 Å². The minimum absolute atomic E-state index is 0.519. The van der Waals surface area contributed by atoms with Gasteiger partial charge in [-0.05, 0) is 30.3 Å². The van der Waals surface area contributed by atoms with Gasteiger partial charge in [-0.1, -0.05) is 39.8 Å². The third kappa shape index (κ3) is 2.82. The molecular formula is C13H9BrN2S. The van der Waals surface area contributed by atoms with Crippen molar-refractivity contribution >= 4 is 33.4 Å². The van der Waals surface area contributed by atoms with Gasteiger partial charge in [-0.2, -0.15) is 5.26 Å². The zero-order valence-electron chi connectivity index (χ0n) is 8.85. The second-order valence-corrected chi connectivity index (χ2v) is 5.42. The first-order valence-corrected chi connectivity index (χ1v) is 6.53. The van der Waals surface area contributed by atoms with E-state index in [9.17, 15) is 0 Å². The number of halogens is 1. The maximum absolute atomic E-state index is 8.91. The van der Waals surface area contributed by atoms with Crippen LogP contribution in [0.3, 0.4) is 0 Å². The maximum Gasteiger partial charge on any atom is 0.101 e. The number of nitriles is 1. The highest BCUT2D eigenvalue weighted by molar-refractivity contribution is 9.10. The number of benzene rings is 2. The van der Waals surface area contributed by atoms with Crippen molar-refractivity contribution in [2.45, 2.75) is 9.79 Å². The molecule has 2 N–H and O–H groups in total. The number of nitrogen functional groups attached to an aromatic ring is 1. The topological polar surface area (TPSA) is 49.8 Å². The molecule has 0 unspecified atom stereocenters. The van der Waals surface area contributed by atoms with E-state index in [4.69, 9.17) is 11.0 Å². The van der Waals surface area contributed by atoms with Crippen molar-refractivity contribution in [1.29, 1.82) is 5.26 Å². The molecule has 0 atom stereocenters. The fourth-order valence-electron chi connectivity index (χ4n) is 1.39. The summed E-state index contributed by atoms with van der Waals surface area (Å²) in [7, 11) is 0.